The van der Waals surface area contributed by atoms with Crippen LogP contribution in [0, 0.1) is 5.41 Å². The first kappa shape index (κ1) is 22.9. The standard InChI is InChI=1S/C25H37N3O4/c1-16(27-22(29)24(2,3)4)5-7-19-14-25(15-31-23(26)28-25)20-13-18(6-8-21(20)32-19)17-9-11-30-12-10-17/h6,8,13,16-17,19H,5,7,9-12,14-15H2,1-4H3,(H2,26,28)(H,27,29). The zero-order chi connectivity index (χ0) is 22.9. The summed E-state index contributed by atoms with van der Waals surface area (Å²) in [6.07, 6.45) is 4.44. The van der Waals surface area contributed by atoms with Crippen molar-refractivity contribution in [2.75, 3.05) is 19.8 Å². The van der Waals surface area contributed by atoms with Crippen molar-refractivity contribution in [2.24, 2.45) is 16.1 Å². The van der Waals surface area contributed by atoms with Gasteiger partial charge in [-0.05, 0) is 56.2 Å². The van der Waals surface area contributed by atoms with Gasteiger partial charge in [-0.3, -0.25) is 4.79 Å². The molecule has 3 N–H and O–H groups in total. The smallest absolute Gasteiger partial charge is 0.283 e. The van der Waals surface area contributed by atoms with E-state index < -0.39 is 11.0 Å². The number of amidine groups is 1. The molecule has 3 unspecified atom stereocenters. The van der Waals surface area contributed by atoms with Crippen molar-refractivity contribution < 1.29 is 19.0 Å². The van der Waals surface area contributed by atoms with Gasteiger partial charge < -0.3 is 25.3 Å². The lowest BCUT2D eigenvalue weighted by molar-refractivity contribution is -0.129. The monoisotopic (exact) mass is 443 g/mol. The average Bonchev–Trinajstić information content (AvgIpc) is 3.12. The van der Waals surface area contributed by atoms with Gasteiger partial charge in [-0.1, -0.05) is 26.8 Å². The topological polar surface area (TPSA) is 95.2 Å². The SMILES string of the molecule is CC(CCC1CC2(COC(N)=N2)c2cc(C3CCOCC3)ccc2O1)NC(=O)C(C)(C)C. The molecule has 4 rings (SSSR count). The number of carbonyl (C=O) groups excluding carboxylic acids is 1. The lowest BCUT2D eigenvalue weighted by atomic mass is 9.79. The number of benzene rings is 1. The van der Waals surface area contributed by atoms with Crippen LogP contribution in [0.3, 0.4) is 0 Å². The molecular weight excluding hydrogens is 406 g/mol. The summed E-state index contributed by atoms with van der Waals surface area (Å²) in [5, 5.41) is 3.11. The highest BCUT2D eigenvalue weighted by Crippen LogP contribution is 2.46. The molecule has 0 saturated carbocycles. The summed E-state index contributed by atoms with van der Waals surface area (Å²) >= 11 is 0. The third-order valence-corrected chi connectivity index (χ3v) is 6.82. The molecule has 176 valence electrons. The molecule has 7 heteroatoms. The Morgan fingerprint density at radius 2 is 2.06 bits per heavy atom. The van der Waals surface area contributed by atoms with E-state index in [9.17, 15) is 4.79 Å². The van der Waals surface area contributed by atoms with Crippen molar-refractivity contribution in [2.45, 2.75) is 83.4 Å². The van der Waals surface area contributed by atoms with Gasteiger partial charge in [-0.25, -0.2) is 4.99 Å². The largest absolute Gasteiger partial charge is 0.490 e. The summed E-state index contributed by atoms with van der Waals surface area (Å²) in [6, 6.07) is 6.84. The summed E-state index contributed by atoms with van der Waals surface area (Å²) in [7, 11) is 0. The highest BCUT2D eigenvalue weighted by molar-refractivity contribution is 5.81. The van der Waals surface area contributed by atoms with Crippen molar-refractivity contribution in [3.63, 3.8) is 0 Å². The number of nitrogens with one attached hydrogen (secondary N) is 1. The molecule has 3 aliphatic rings. The molecule has 1 aromatic carbocycles. The maximum Gasteiger partial charge on any atom is 0.283 e. The van der Waals surface area contributed by atoms with Crippen LogP contribution in [0.2, 0.25) is 0 Å². The van der Waals surface area contributed by atoms with Crippen molar-refractivity contribution in [1.82, 2.24) is 5.32 Å². The molecule has 3 heterocycles. The van der Waals surface area contributed by atoms with Crippen LogP contribution in [-0.2, 0) is 19.8 Å². The molecule has 0 aliphatic carbocycles. The molecule has 1 aromatic rings. The Morgan fingerprint density at radius 3 is 2.72 bits per heavy atom. The van der Waals surface area contributed by atoms with E-state index >= 15 is 0 Å². The van der Waals surface area contributed by atoms with Crippen molar-refractivity contribution >= 4 is 11.9 Å². The third kappa shape index (κ3) is 4.87. The van der Waals surface area contributed by atoms with Gasteiger partial charge in [0.2, 0.25) is 5.91 Å². The minimum absolute atomic E-state index is 0.0105. The molecule has 1 amide bonds. The lowest BCUT2D eigenvalue weighted by Gasteiger charge is -2.38. The fourth-order valence-electron chi connectivity index (χ4n) is 4.83. The predicted octanol–water partition coefficient (Wildman–Crippen LogP) is 3.60. The Bertz CT molecular complexity index is 872. The lowest BCUT2D eigenvalue weighted by Crippen LogP contribution is -2.42. The minimum atomic E-state index is -0.499. The average molecular weight is 444 g/mol. The number of nitrogens with two attached hydrogens (primary N) is 1. The molecule has 0 aromatic heterocycles. The number of ether oxygens (including phenoxy) is 3. The molecule has 0 radical (unpaired) electrons. The minimum Gasteiger partial charge on any atom is -0.490 e. The van der Waals surface area contributed by atoms with E-state index in [0.29, 0.717) is 12.5 Å². The van der Waals surface area contributed by atoms with E-state index in [1.54, 1.807) is 0 Å². The predicted molar refractivity (Wildman–Crippen MR) is 124 cm³/mol. The molecule has 0 bridgehead atoms. The molecule has 1 fully saturated rings. The number of rotatable bonds is 5. The van der Waals surface area contributed by atoms with Crippen LogP contribution in [-0.4, -0.2) is 43.9 Å². The Balaban J connectivity index is 1.49. The van der Waals surface area contributed by atoms with Gasteiger partial charge in [0.1, 0.15) is 24.0 Å². The first-order chi connectivity index (χ1) is 15.2. The van der Waals surface area contributed by atoms with Crippen molar-refractivity contribution in [1.29, 1.82) is 0 Å². The summed E-state index contributed by atoms with van der Waals surface area (Å²) in [5.41, 5.74) is 7.46. The summed E-state index contributed by atoms with van der Waals surface area (Å²) < 4.78 is 17.6. The Labute approximate surface area is 191 Å². The van der Waals surface area contributed by atoms with Gasteiger partial charge >= 0.3 is 0 Å². The van der Waals surface area contributed by atoms with E-state index in [0.717, 1.165) is 56.6 Å². The molecule has 1 saturated heterocycles. The van der Waals surface area contributed by atoms with Crippen LogP contribution in [0.25, 0.3) is 0 Å². The zero-order valence-corrected chi connectivity index (χ0v) is 19.8. The normalized spacial score (nSPS) is 26.6. The number of carbonyl (C=O) groups is 1. The second kappa shape index (κ2) is 8.93. The van der Waals surface area contributed by atoms with Gasteiger partial charge in [-0.15, -0.1) is 0 Å². The Hall–Kier alpha value is -2.28. The molecule has 1 spiro atoms. The van der Waals surface area contributed by atoms with Gasteiger partial charge in [0, 0.05) is 36.7 Å². The summed E-state index contributed by atoms with van der Waals surface area (Å²) in [6.45, 7) is 9.89. The number of hydrogen-bond donors (Lipinski definition) is 2. The van der Waals surface area contributed by atoms with E-state index in [1.807, 2.05) is 27.7 Å². The van der Waals surface area contributed by atoms with Gasteiger partial charge in [0.25, 0.3) is 6.02 Å². The second-order valence-electron chi connectivity index (χ2n) is 10.6. The van der Waals surface area contributed by atoms with Crippen molar-refractivity contribution in [3.8, 4) is 5.75 Å². The quantitative estimate of drug-likeness (QED) is 0.725. The Kier molecular flexibility index (Phi) is 6.39. The van der Waals surface area contributed by atoms with Crippen LogP contribution < -0.4 is 15.8 Å². The van der Waals surface area contributed by atoms with Crippen LogP contribution in [0.4, 0.5) is 0 Å². The van der Waals surface area contributed by atoms with Gasteiger partial charge in [0.15, 0.2) is 0 Å². The van der Waals surface area contributed by atoms with Crippen LogP contribution in [0.5, 0.6) is 5.75 Å². The highest BCUT2D eigenvalue weighted by atomic mass is 16.5. The van der Waals surface area contributed by atoms with E-state index in [-0.39, 0.29) is 24.1 Å². The second-order valence-corrected chi connectivity index (χ2v) is 10.6. The van der Waals surface area contributed by atoms with E-state index in [1.165, 1.54) is 5.56 Å². The number of fused-ring (bicyclic) bond motifs is 2. The van der Waals surface area contributed by atoms with E-state index in [2.05, 4.69) is 23.5 Å². The molecule has 3 atom stereocenters. The number of nitrogens with zero attached hydrogens (tertiary/aromatic N) is 1. The number of amides is 1. The van der Waals surface area contributed by atoms with Crippen molar-refractivity contribution in [3.05, 3.63) is 29.3 Å². The first-order valence-electron chi connectivity index (χ1n) is 11.8. The number of aliphatic imine (C=N–C) groups is 1. The molecule has 3 aliphatic heterocycles. The highest BCUT2D eigenvalue weighted by Gasteiger charge is 2.46. The van der Waals surface area contributed by atoms with Crippen LogP contribution in [0.1, 0.15) is 76.8 Å². The summed E-state index contributed by atoms with van der Waals surface area (Å²) in [4.78, 5) is 17.1. The first-order valence-corrected chi connectivity index (χ1v) is 11.8. The molecule has 7 nitrogen and oxygen atoms in total. The molecular formula is C25H37N3O4. The van der Waals surface area contributed by atoms with E-state index in [4.69, 9.17) is 24.9 Å². The van der Waals surface area contributed by atoms with Gasteiger partial charge in [-0.2, -0.15) is 0 Å². The third-order valence-electron chi connectivity index (χ3n) is 6.82. The summed E-state index contributed by atoms with van der Waals surface area (Å²) in [5.74, 6) is 1.43. The van der Waals surface area contributed by atoms with Crippen LogP contribution >= 0.6 is 0 Å². The van der Waals surface area contributed by atoms with Gasteiger partial charge in [0.05, 0.1) is 0 Å². The zero-order valence-electron chi connectivity index (χ0n) is 19.8. The maximum absolute atomic E-state index is 12.3. The van der Waals surface area contributed by atoms with Crippen LogP contribution in [0.15, 0.2) is 23.2 Å². The Morgan fingerprint density at radius 1 is 1.31 bits per heavy atom. The number of hydrogen-bond acceptors (Lipinski definition) is 6. The maximum atomic E-state index is 12.3. The fourth-order valence-corrected chi connectivity index (χ4v) is 4.83. The molecule has 32 heavy (non-hydrogen) atoms. The fraction of sp³-hybridized carbons (Fsp3) is 0.680.